The molecule has 1 saturated heterocycles. The van der Waals surface area contributed by atoms with Crippen LogP contribution in [-0.2, 0) is 10.0 Å². The highest BCUT2D eigenvalue weighted by Crippen LogP contribution is 2.38. The van der Waals surface area contributed by atoms with E-state index < -0.39 is 10.0 Å². The third-order valence-electron chi connectivity index (χ3n) is 5.30. The summed E-state index contributed by atoms with van der Waals surface area (Å²) < 4.78 is 39.1. The van der Waals surface area contributed by atoms with Crippen molar-refractivity contribution in [3.05, 3.63) is 51.3 Å². The molecule has 7 nitrogen and oxygen atoms in total. The van der Waals surface area contributed by atoms with Crippen molar-refractivity contribution >= 4 is 60.6 Å². The van der Waals surface area contributed by atoms with Gasteiger partial charge in [-0.15, -0.1) is 11.3 Å². The Labute approximate surface area is 200 Å². The first kappa shape index (κ1) is 23.1. The Morgan fingerprint density at radius 3 is 2.38 bits per heavy atom. The molecule has 2 aromatic carbocycles. The molecule has 0 radical (unpaired) electrons. The van der Waals surface area contributed by atoms with Crippen LogP contribution in [0.25, 0.3) is 10.1 Å². The highest BCUT2D eigenvalue weighted by molar-refractivity contribution is 7.89. The van der Waals surface area contributed by atoms with E-state index in [1.807, 2.05) is 0 Å². The molecule has 1 aliphatic heterocycles. The molecular weight excluding hydrogens is 495 g/mol. The largest absolute Gasteiger partial charge is 0.497 e. The average molecular weight is 515 g/mol. The summed E-state index contributed by atoms with van der Waals surface area (Å²) in [6.07, 6.45) is 0. The molecule has 0 N–H and O–H groups in total. The van der Waals surface area contributed by atoms with Crippen LogP contribution in [0.15, 0.2) is 41.3 Å². The molecule has 0 bridgehead atoms. The molecule has 3 aromatic rings. The van der Waals surface area contributed by atoms with Crippen molar-refractivity contribution in [3.8, 4) is 11.5 Å². The molecule has 1 amide bonds. The number of thiophene rings is 1. The van der Waals surface area contributed by atoms with Crippen molar-refractivity contribution in [2.75, 3.05) is 40.4 Å². The van der Waals surface area contributed by atoms with Crippen molar-refractivity contribution in [3.63, 3.8) is 0 Å². The maximum absolute atomic E-state index is 13.2. The SMILES string of the molecule is COc1ccc(OC)c(S(=O)(=O)N2CCN(C(=O)c3sc4cc(Cl)ccc4c3Cl)CC2)c1. The van der Waals surface area contributed by atoms with Gasteiger partial charge in [0.2, 0.25) is 10.0 Å². The molecule has 0 atom stereocenters. The van der Waals surface area contributed by atoms with E-state index in [0.29, 0.717) is 20.7 Å². The Hall–Kier alpha value is -2.04. The van der Waals surface area contributed by atoms with Crippen LogP contribution in [0.5, 0.6) is 11.5 Å². The fourth-order valence-electron chi connectivity index (χ4n) is 3.58. The number of hydrogen-bond donors (Lipinski definition) is 0. The zero-order chi connectivity index (χ0) is 23.0. The molecule has 0 aliphatic carbocycles. The second kappa shape index (κ2) is 9.07. The molecular formula is C21H20Cl2N2O5S2. The predicted octanol–water partition coefficient (Wildman–Crippen LogP) is 4.37. The van der Waals surface area contributed by atoms with Crippen LogP contribution in [0.3, 0.4) is 0 Å². The van der Waals surface area contributed by atoms with Gasteiger partial charge in [0.05, 0.1) is 19.2 Å². The minimum absolute atomic E-state index is 0.0311. The number of halogens is 2. The summed E-state index contributed by atoms with van der Waals surface area (Å²) >= 11 is 13.8. The lowest BCUT2D eigenvalue weighted by Gasteiger charge is -2.34. The number of piperazine rings is 1. The third-order valence-corrected chi connectivity index (χ3v) is 9.10. The van der Waals surface area contributed by atoms with E-state index in [9.17, 15) is 13.2 Å². The Morgan fingerprint density at radius 2 is 1.72 bits per heavy atom. The zero-order valence-electron chi connectivity index (χ0n) is 17.3. The van der Waals surface area contributed by atoms with Crippen LogP contribution in [-0.4, -0.2) is 63.9 Å². The molecule has 32 heavy (non-hydrogen) atoms. The summed E-state index contributed by atoms with van der Waals surface area (Å²) in [4.78, 5) is 15.2. The van der Waals surface area contributed by atoms with E-state index in [-0.39, 0.29) is 42.7 Å². The second-order valence-electron chi connectivity index (χ2n) is 7.10. The second-order valence-corrected chi connectivity index (χ2v) is 10.9. The van der Waals surface area contributed by atoms with Gasteiger partial charge in [-0.05, 0) is 24.3 Å². The van der Waals surface area contributed by atoms with Gasteiger partial charge in [-0.3, -0.25) is 4.79 Å². The Morgan fingerprint density at radius 1 is 1.00 bits per heavy atom. The molecule has 2 heterocycles. The lowest BCUT2D eigenvalue weighted by atomic mass is 10.2. The van der Waals surface area contributed by atoms with Gasteiger partial charge < -0.3 is 14.4 Å². The molecule has 11 heteroatoms. The first-order valence-corrected chi connectivity index (χ1v) is 12.7. The van der Waals surface area contributed by atoms with Gasteiger partial charge >= 0.3 is 0 Å². The summed E-state index contributed by atoms with van der Waals surface area (Å²) in [6.45, 7) is 0.802. The Balaban J connectivity index is 1.53. The number of carbonyl (C=O) groups excluding carboxylic acids is 1. The van der Waals surface area contributed by atoms with Gasteiger partial charge in [-0.2, -0.15) is 4.31 Å². The molecule has 1 aliphatic rings. The summed E-state index contributed by atoms with van der Waals surface area (Å²) in [5.41, 5.74) is 0. The number of sulfonamides is 1. The topological polar surface area (TPSA) is 76.2 Å². The van der Waals surface area contributed by atoms with E-state index in [1.54, 1.807) is 35.2 Å². The van der Waals surface area contributed by atoms with Crippen molar-refractivity contribution in [1.82, 2.24) is 9.21 Å². The number of carbonyl (C=O) groups is 1. The van der Waals surface area contributed by atoms with E-state index in [2.05, 4.69) is 0 Å². The average Bonchev–Trinajstić information content (AvgIpc) is 3.13. The van der Waals surface area contributed by atoms with Crippen LogP contribution in [0.1, 0.15) is 9.67 Å². The standard InChI is InChI=1S/C21H20Cl2N2O5S2/c1-29-14-4-6-16(30-2)18(12-14)32(27,28)25-9-7-24(8-10-25)21(26)20-19(23)15-5-3-13(22)11-17(15)31-20/h3-6,11-12H,7-10H2,1-2H3. The molecule has 0 saturated carbocycles. The van der Waals surface area contributed by atoms with E-state index in [4.69, 9.17) is 32.7 Å². The number of benzene rings is 2. The van der Waals surface area contributed by atoms with E-state index in [0.717, 1.165) is 10.1 Å². The molecule has 0 spiro atoms. The highest BCUT2D eigenvalue weighted by atomic mass is 35.5. The van der Waals surface area contributed by atoms with Gasteiger partial charge in [0, 0.05) is 47.4 Å². The number of nitrogens with zero attached hydrogens (tertiary/aromatic N) is 2. The summed E-state index contributed by atoms with van der Waals surface area (Å²) in [5, 5.41) is 1.74. The number of hydrogen-bond acceptors (Lipinski definition) is 6. The van der Waals surface area contributed by atoms with Gasteiger partial charge in [0.25, 0.3) is 5.91 Å². The molecule has 1 fully saturated rings. The van der Waals surface area contributed by atoms with Gasteiger partial charge in [-0.25, -0.2) is 8.42 Å². The van der Waals surface area contributed by atoms with Crippen LogP contribution in [0.2, 0.25) is 10.0 Å². The zero-order valence-corrected chi connectivity index (χ0v) is 20.4. The van der Waals surface area contributed by atoms with Crippen molar-refractivity contribution < 1.29 is 22.7 Å². The lowest BCUT2D eigenvalue weighted by Crippen LogP contribution is -2.50. The number of fused-ring (bicyclic) bond motifs is 1. The Kier molecular flexibility index (Phi) is 6.56. The highest BCUT2D eigenvalue weighted by Gasteiger charge is 2.33. The monoisotopic (exact) mass is 514 g/mol. The smallest absolute Gasteiger partial charge is 0.265 e. The summed E-state index contributed by atoms with van der Waals surface area (Å²) in [6, 6.07) is 9.92. The van der Waals surface area contributed by atoms with Crippen LogP contribution >= 0.6 is 34.5 Å². The maximum atomic E-state index is 13.2. The van der Waals surface area contributed by atoms with Crippen LogP contribution < -0.4 is 9.47 Å². The van der Waals surface area contributed by atoms with E-state index >= 15 is 0 Å². The third kappa shape index (κ3) is 4.15. The normalized spacial score (nSPS) is 15.2. The minimum atomic E-state index is -3.83. The fourth-order valence-corrected chi connectivity index (χ4v) is 6.93. The van der Waals surface area contributed by atoms with Crippen molar-refractivity contribution in [2.24, 2.45) is 0 Å². The van der Waals surface area contributed by atoms with Crippen LogP contribution in [0, 0.1) is 0 Å². The molecule has 170 valence electrons. The van der Waals surface area contributed by atoms with E-state index in [1.165, 1.54) is 35.9 Å². The quantitative estimate of drug-likeness (QED) is 0.505. The van der Waals surface area contributed by atoms with Gasteiger partial charge in [-0.1, -0.05) is 29.3 Å². The first-order valence-electron chi connectivity index (χ1n) is 9.65. The first-order chi connectivity index (χ1) is 15.3. The van der Waals surface area contributed by atoms with Crippen LogP contribution in [0.4, 0.5) is 0 Å². The molecule has 0 unspecified atom stereocenters. The number of ether oxygens (including phenoxy) is 2. The number of methoxy groups -OCH3 is 2. The Bertz CT molecular complexity index is 1280. The van der Waals surface area contributed by atoms with Gasteiger partial charge in [0.1, 0.15) is 21.3 Å². The fraction of sp³-hybridized carbons (Fsp3) is 0.286. The van der Waals surface area contributed by atoms with Gasteiger partial charge in [0.15, 0.2) is 0 Å². The predicted molar refractivity (Wildman–Crippen MR) is 126 cm³/mol. The lowest BCUT2D eigenvalue weighted by molar-refractivity contribution is 0.0703. The molecule has 4 rings (SSSR count). The summed E-state index contributed by atoms with van der Waals surface area (Å²) in [7, 11) is -0.948. The number of rotatable bonds is 5. The number of amides is 1. The summed E-state index contributed by atoms with van der Waals surface area (Å²) in [5.74, 6) is 0.432. The minimum Gasteiger partial charge on any atom is -0.497 e. The van der Waals surface area contributed by atoms with Crippen molar-refractivity contribution in [1.29, 1.82) is 0 Å². The molecule has 1 aromatic heterocycles. The maximum Gasteiger partial charge on any atom is 0.265 e. The van der Waals surface area contributed by atoms with Crippen molar-refractivity contribution in [2.45, 2.75) is 4.90 Å².